The Morgan fingerprint density at radius 3 is 2.73 bits per heavy atom. The number of esters is 1. The van der Waals surface area contributed by atoms with Crippen LogP contribution < -0.4 is 5.56 Å². The number of aromatic amines is 1. The zero-order valence-corrected chi connectivity index (χ0v) is 15.2. The van der Waals surface area contributed by atoms with Gasteiger partial charge in [-0.2, -0.15) is 0 Å². The van der Waals surface area contributed by atoms with Crippen LogP contribution in [0.25, 0.3) is 0 Å². The number of benzene rings is 1. The summed E-state index contributed by atoms with van der Waals surface area (Å²) in [6.07, 6.45) is 0.582. The molecule has 0 spiro atoms. The Hall–Kier alpha value is -2.18. The summed E-state index contributed by atoms with van der Waals surface area (Å²) in [5, 5.41) is -0.126. The number of hydrogen-bond donors (Lipinski definition) is 1. The minimum atomic E-state index is -0.996. The number of pyridine rings is 1. The maximum Gasteiger partial charge on any atom is 0.344 e. The van der Waals surface area contributed by atoms with Gasteiger partial charge in [-0.1, -0.05) is 23.2 Å². The molecule has 1 aliphatic carbocycles. The molecular formula is C18H14Cl2FNO4. The van der Waals surface area contributed by atoms with E-state index in [1.807, 2.05) is 0 Å². The van der Waals surface area contributed by atoms with Gasteiger partial charge in [0.25, 0.3) is 5.56 Å². The van der Waals surface area contributed by atoms with Crippen LogP contribution in [0.3, 0.4) is 0 Å². The van der Waals surface area contributed by atoms with E-state index in [1.54, 1.807) is 0 Å². The number of Topliss-reactive ketones (excluding diaryl/α,β-unsaturated/α-hetero) is 1. The van der Waals surface area contributed by atoms with Gasteiger partial charge in [0.2, 0.25) is 0 Å². The van der Waals surface area contributed by atoms with Crippen LogP contribution in [-0.2, 0) is 11.2 Å². The summed E-state index contributed by atoms with van der Waals surface area (Å²) in [5.41, 5.74) is -0.00178. The number of halogens is 3. The van der Waals surface area contributed by atoms with Gasteiger partial charge in [-0.15, -0.1) is 0 Å². The molecule has 26 heavy (non-hydrogen) atoms. The Labute approximate surface area is 158 Å². The normalized spacial score (nSPS) is 14.7. The number of rotatable bonds is 3. The molecule has 0 radical (unpaired) electrons. The average Bonchev–Trinajstić information content (AvgIpc) is 2.58. The van der Waals surface area contributed by atoms with E-state index < -0.39 is 23.4 Å². The summed E-state index contributed by atoms with van der Waals surface area (Å²) in [4.78, 5) is 39.1. The van der Waals surface area contributed by atoms with Crippen LogP contribution in [0.2, 0.25) is 10.0 Å². The number of H-pyrrole nitrogens is 1. The molecule has 0 unspecified atom stereocenters. The Morgan fingerprint density at radius 1 is 1.27 bits per heavy atom. The first-order chi connectivity index (χ1) is 12.3. The SMILES string of the molecule is C[C@@H](OC(=O)c1cc2c([nH]c1=O)CCCC2=O)c1c(Cl)ccc(F)c1Cl. The van der Waals surface area contributed by atoms with Gasteiger partial charge in [-0.3, -0.25) is 9.59 Å². The fourth-order valence-corrected chi connectivity index (χ4v) is 3.60. The van der Waals surface area contributed by atoms with Crippen molar-refractivity contribution in [2.45, 2.75) is 32.3 Å². The highest BCUT2D eigenvalue weighted by Gasteiger charge is 2.25. The first kappa shape index (κ1) is 18.6. The molecule has 1 N–H and O–H groups in total. The molecule has 1 aromatic carbocycles. The molecular weight excluding hydrogens is 384 g/mol. The van der Waals surface area contributed by atoms with Gasteiger partial charge >= 0.3 is 5.97 Å². The van der Waals surface area contributed by atoms with Gasteiger partial charge in [0.05, 0.1) is 5.02 Å². The van der Waals surface area contributed by atoms with E-state index in [0.29, 0.717) is 30.5 Å². The molecule has 0 saturated carbocycles. The van der Waals surface area contributed by atoms with Gasteiger partial charge in [-0.05, 0) is 38.0 Å². The minimum Gasteiger partial charge on any atom is -0.454 e. The van der Waals surface area contributed by atoms with Gasteiger partial charge < -0.3 is 9.72 Å². The largest absolute Gasteiger partial charge is 0.454 e. The quantitative estimate of drug-likeness (QED) is 0.619. The molecule has 1 atom stereocenters. The van der Waals surface area contributed by atoms with Crippen molar-refractivity contribution in [3.8, 4) is 0 Å². The molecule has 0 aliphatic heterocycles. The van der Waals surface area contributed by atoms with Gasteiger partial charge in [0.1, 0.15) is 17.5 Å². The fraction of sp³-hybridized carbons (Fsp3) is 0.278. The molecule has 1 aromatic heterocycles. The van der Waals surface area contributed by atoms with Crippen molar-refractivity contribution in [3.63, 3.8) is 0 Å². The van der Waals surface area contributed by atoms with Gasteiger partial charge in [0.15, 0.2) is 5.78 Å². The van der Waals surface area contributed by atoms with E-state index >= 15 is 0 Å². The number of ketones is 1. The lowest BCUT2D eigenvalue weighted by Crippen LogP contribution is -2.26. The Kier molecular flexibility index (Phi) is 5.16. The summed E-state index contributed by atoms with van der Waals surface area (Å²) in [7, 11) is 0. The smallest absolute Gasteiger partial charge is 0.344 e. The monoisotopic (exact) mass is 397 g/mol. The molecule has 2 aromatic rings. The number of carbonyl (C=O) groups excluding carboxylic acids is 2. The summed E-state index contributed by atoms with van der Waals surface area (Å²) in [5.74, 6) is -1.79. The highest BCUT2D eigenvalue weighted by molar-refractivity contribution is 6.36. The molecule has 0 bridgehead atoms. The number of ether oxygens (including phenoxy) is 1. The van der Waals surface area contributed by atoms with E-state index in [-0.39, 0.29) is 27.0 Å². The molecule has 0 fully saturated rings. The third-order valence-electron chi connectivity index (χ3n) is 4.24. The highest BCUT2D eigenvalue weighted by atomic mass is 35.5. The highest BCUT2D eigenvalue weighted by Crippen LogP contribution is 2.34. The number of fused-ring (bicyclic) bond motifs is 1. The van der Waals surface area contributed by atoms with Crippen LogP contribution >= 0.6 is 23.2 Å². The van der Waals surface area contributed by atoms with E-state index in [4.69, 9.17) is 27.9 Å². The molecule has 1 aliphatic rings. The van der Waals surface area contributed by atoms with E-state index in [1.165, 1.54) is 19.1 Å². The Morgan fingerprint density at radius 2 is 2.00 bits per heavy atom. The van der Waals surface area contributed by atoms with Crippen molar-refractivity contribution < 1.29 is 18.7 Å². The first-order valence-electron chi connectivity index (χ1n) is 7.93. The second-order valence-electron chi connectivity index (χ2n) is 5.99. The van der Waals surface area contributed by atoms with Crippen LogP contribution in [0, 0.1) is 5.82 Å². The lowest BCUT2D eigenvalue weighted by molar-refractivity contribution is 0.0335. The van der Waals surface area contributed by atoms with Crippen LogP contribution in [0.5, 0.6) is 0 Å². The third kappa shape index (κ3) is 3.39. The zero-order chi connectivity index (χ0) is 19.0. The predicted molar refractivity (Wildman–Crippen MR) is 94.6 cm³/mol. The minimum absolute atomic E-state index is 0.104. The Bertz CT molecular complexity index is 970. The zero-order valence-electron chi connectivity index (χ0n) is 13.7. The maximum atomic E-state index is 13.7. The summed E-state index contributed by atoms with van der Waals surface area (Å²) < 4.78 is 18.9. The fourth-order valence-electron chi connectivity index (χ4n) is 2.93. The summed E-state index contributed by atoms with van der Waals surface area (Å²) in [6.45, 7) is 1.46. The predicted octanol–water partition coefficient (Wildman–Crippen LogP) is 4.26. The summed E-state index contributed by atoms with van der Waals surface area (Å²) >= 11 is 11.9. The molecule has 5 nitrogen and oxygen atoms in total. The molecule has 136 valence electrons. The first-order valence-corrected chi connectivity index (χ1v) is 8.69. The van der Waals surface area contributed by atoms with E-state index in [9.17, 15) is 18.8 Å². The second kappa shape index (κ2) is 7.21. The number of carbonyl (C=O) groups is 2. The average molecular weight is 398 g/mol. The van der Waals surface area contributed by atoms with E-state index in [2.05, 4.69) is 4.98 Å². The van der Waals surface area contributed by atoms with E-state index in [0.717, 1.165) is 6.07 Å². The van der Waals surface area contributed by atoms with Crippen molar-refractivity contribution in [1.29, 1.82) is 0 Å². The van der Waals surface area contributed by atoms with Crippen LogP contribution in [-0.4, -0.2) is 16.7 Å². The number of aryl methyl sites for hydroxylation is 1. The third-order valence-corrected chi connectivity index (χ3v) is 4.96. The lowest BCUT2D eigenvalue weighted by atomic mass is 9.94. The van der Waals surface area contributed by atoms with Crippen molar-refractivity contribution in [2.75, 3.05) is 0 Å². The van der Waals surface area contributed by atoms with Crippen molar-refractivity contribution in [1.82, 2.24) is 4.98 Å². The lowest BCUT2D eigenvalue weighted by Gasteiger charge is -2.18. The van der Waals surface area contributed by atoms with Crippen LogP contribution in [0.1, 0.15) is 57.8 Å². The molecule has 0 amide bonds. The topological polar surface area (TPSA) is 76.2 Å². The van der Waals surface area contributed by atoms with Crippen molar-refractivity contribution in [3.05, 3.63) is 66.8 Å². The Balaban J connectivity index is 1.92. The van der Waals surface area contributed by atoms with Crippen LogP contribution in [0.15, 0.2) is 23.0 Å². The van der Waals surface area contributed by atoms with Gasteiger partial charge in [-0.25, -0.2) is 9.18 Å². The number of hydrogen-bond acceptors (Lipinski definition) is 4. The van der Waals surface area contributed by atoms with Crippen molar-refractivity contribution in [2.24, 2.45) is 0 Å². The van der Waals surface area contributed by atoms with Crippen LogP contribution in [0.4, 0.5) is 4.39 Å². The summed E-state index contributed by atoms with van der Waals surface area (Å²) in [6, 6.07) is 3.65. The molecule has 1 heterocycles. The molecule has 3 rings (SSSR count). The number of nitrogens with one attached hydrogen (secondary N) is 1. The molecule has 0 saturated heterocycles. The van der Waals surface area contributed by atoms with Crippen molar-refractivity contribution >= 4 is 35.0 Å². The maximum absolute atomic E-state index is 13.7. The number of aromatic nitrogens is 1. The molecule has 8 heteroatoms. The standard InChI is InChI=1S/C18H14Cl2FNO4/c1-8(15-11(19)5-6-12(21)16(15)20)26-18(25)10-7-9-13(22-17(10)24)3-2-4-14(9)23/h5-8H,2-4H2,1H3,(H,22,24)/t8-/m1/s1. The second-order valence-corrected chi connectivity index (χ2v) is 6.77. The van der Waals surface area contributed by atoms with Gasteiger partial charge in [0, 0.05) is 28.3 Å².